The van der Waals surface area contributed by atoms with Crippen LogP contribution in [0.4, 0.5) is 4.39 Å². The smallest absolute Gasteiger partial charge is 0.240 e. The summed E-state index contributed by atoms with van der Waals surface area (Å²) in [5, 5.41) is 8.58. The Labute approximate surface area is 119 Å². The van der Waals surface area contributed by atoms with Crippen LogP contribution in [0.1, 0.15) is 25.8 Å². The number of aliphatic hydroxyl groups excluding tert-OH is 1. The molecule has 1 aromatic rings. The molecular formula is C14H18FNO3S. The third-order valence-electron chi connectivity index (χ3n) is 2.39. The van der Waals surface area contributed by atoms with Crippen molar-refractivity contribution in [3.05, 3.63) is 29.6 Å². The van der Waals surface area contributed by atoms with Crippen molar-refractivity contribution in [3.8, 4) is 11.8 Å². The second-order valence-electron chi connectivity index (χ2n) is 4.66. The lowest BCUT2D eigenvalue weighted by Gasteiger charge is -2.09. The van der Waals surface area contributed by atoms with Crippen LogP contribution in [-0.2, 0) is 10.0 Å². The average molecular weight is 299 g/mol. The molecular weight excluding hydrogens is 281 g/mol. The standard InChI is InChI=1S/C14H18FNO3S/c1-11(2)10-16-20(18,19)13-7-6-12(14(15)9-13)5-3-4-8-17/h6-7,9,11,16-17H,4,8,10H2,1-2H3. The van der Waals surface area contributed by atoms with Gasteiger partial charge < -0.3 is 5.11 Å². The molecule has 1 rings (SSSR count). The van der Waals surface area contributed by atoms with Crippen molar-refractivity contribution < 1.29 is 17.9 Å². The van der Waals surface area contributed by atoms with E-state index in [1.165, 1.54) is 12.1 Å². The summed E-state index contributed by atoms with van der Waals surface area (Å²) < 4.78 is 40.0. The third-order valence-corrected chi connectivity index (χ3v) is 3.81. The molecule has 0 unspecified atom stereocenters. The maximum atomic E-state index is 13.7. The van der Waals surface area contributed by atoms with E-state index in [0.717, 1.165) is 6.07 Å². The normalized spacial score (nSPS) is 11.2. The van der Waals surface area contributed by atoms with Gasteiger partial charge in [0.05, 0.1) is 17.1 Å². The Hall–Kier alpha value is -1.42. The van der Waals surface area contributed by atoms with Gasteiger partial charge in [-0.15, -0.1) is 0 Å². The molecule has 0 aliphatic rings. The predicted molar refractivity (Wildman–Crippen MR) is 75.0 cm³/mol. The highest BCUT2D eigenvalue weighted by atomic mass is 32.2. The van der Waals surface area contributed by atoms with Gasteiger partial charge in [0.15, 0.2) is 0 Å². The van der Waals surface area contributed by atoms with Gasteiger partial charge in [-0.3, -0.25) is 0 Å². The van der Waals surface area contributed by atoms with Gasteiger partial charge in [-0.2, -0.15) is 0 Å². The second kappa shape index (κ2) is 7.39. The van der Waals surface area contributed by atoms with E-state index < -0.39 is 15.8 Å². The van der Waals surface area contributed by atoms with Crippen LogP contribution in [-0.4, -0.2) is 26.7 Å². The Balaban J connectivity index is 2.95. The first kappa shape index (κ1) is 16.6. The Kier molecular flexibility index (Phi) is 6.14. The zero-order chi connectivity index (χ0) is 15.2. The van der Waals surface area contributed by atoms with Crippen LogP contribution in [0.25, 0.3) is 0 Å². The summed E-state index contributed by atoms with van der Waals surface area (Å²) in [6.07, 6.45) is 0.245. The van der Waals surface area contributed by atoms with Gasteiger partial charge in [0, 0.05) is 13.0 Å². The van der Waals surface area contributed by atoms with Crippen molar-refractivity contribution >= 4 is 10.0 Å². The lowest BCUT2D eigenvalue weighted by Crippen LogP contribution is -2.27. The fraction of sp³-hybridized carbons (Fsp3) is 0.429. The summed E-state index contributed by atoms with van der Waals surface area (Å²) in [4.78, 5) is -0.122. The third kappa shape index (κ3) is 4.93. The molecule has 0 amide bonds. The van der Waals surface area contributed by atoms with E-state index in [1.54, 1.807) is 0 Å². The number of rotatable bonds is 5. The van der Waals surface area contributed by atoms with Gasteiger partial charge >= 0.3 is 0 Å². The van der Waals surface area contributed by atoms with Gasteiger partial charge in [-0.25, -0.2) is 17.5 Å². The number of hydrogen-bond acceptors (Lipinski definition) is 3. The molecule has 0 aromatic heterocycles. The van der Waals surface area contributed by atoms with Gasteiger partial charge in [0.25, 0.3) is 0 Å². The Morgan fingerprint density at radius 2 is 2.10 bits per heavy atom. The number of aliphatic hydroxyl groups is 1. The number of hydrogen-bond donors (Lipinski definition) is 2. The summed E-state index contributed by atoms with van der Waals surface area (Å²) in [6.45, 7) is 3.95. The van der Waals surface area contributed by atoms with E-state index in [0.29, 0.717) is 6.54 Å². The van der Waals surface area contributed by atoms with Crippen molar-refractivity contribution in [2.45, 2.75) is 25.2 Å². The number of nitrogens with one attached hydrogen (secondary N) is 1. The lowest BCUT2D eigenvalue weighted by molar-refractivity contribution is 0.305. The van der Waals surface area contributed by atoms with Crippen molar-refractivity contribution in [1.29, 1.82) is 0 Å². The highest BCUT2D eigenvalue weighted by Gasteiger charge is 2.15. The van der Waals surface area contributed by atoms with Gasteiger partial charge in [-0.1, -0.05) is 25.7 Å². The maximum absolute atomic E-state index is 13.7. The quantitative estimate of drug-likeness (QED) is 0.810. The molecule has 0 saturated heterocycles. The van der Waals surface area contributed by atoms with Gasteiger partial charge in [0.2, 0.25) is 10.0 Å². The molecule has 0 heterocycles. The first-order valence-electron chi connectivity index (χ1n) is 6.25. The monoisotopic (exact) mass is 299 g/mol. The number of benzene rings is 1. The summed E-state index contributed by atoms with van der Waals surface area (Å²) in [7, 11) is -3.70. The molecule has 0 fully saturated rings. The molecule has 0 atom stereocenters. The molecule has 20 heavy (non-hydrogen) atoms. The van der Waals surface area contributed by atoms with E-state index in [-0.39, 0.29) is 29.4 Å². The van der Waals surface area contributed by atoms with Gasteiger partial charge in [0.1, 0.15) is 5.82 Å². The maximum Gasteiger partial charge on any atom is 0.240 e. The molecule has 110 valence electrons. The number of halogens is 1. The summed E-state index contributed by atoms with van der Waals surface area (Å²) in [6, 6.07) is 3.59. The SMILES string of the molecule is CC(C)CNS(=O)(=O)c1ccc(C#CCCO)c(F)c1. The highest BCUT2D eigenvalue weighted by molar-refractivity contribution is 7.89. The Bertz CT molecular complexity index is 615. The molecule has 0 saturated carbocycles. The minimum absolute atomic E-state index is 0.0970. The van der Waals surface area contributed by atoms with E-state index in [1.807, 2.05) is 13.8 Å². The van der Waals surface area contributed by atoms with Crippen LogP contribution in [0, 0.1) is 23.6 Å². The van der Waals surface area contributed by atoms with Crippen LogP contribution in [0.3, 0.4) is 0 Å². The topological polar surface area (TPSA) is 66.4 Å². The first-order chi connectivity index (χ1) is 9.36. The van der Waals surface area contributed by atoms with Crippen LogP contribution in [0.2, 0.25) is 0 Å². The molecule has 2 N–H and O–H groups in total. The minimum Gasteiger partial charge on any atom is -0.395 e. The van der Waals surface area contributed by atoms with Crippen LogP contribution < -0.4 is 4.72 Å². The molecule has 0 radical (unpaired) electrons. The predicted octanol–water partition coefficient (Wildman–Crippen LogP) is 1.49. The van der Waals surface area contributed by atoms with E-state index in [2.05, 4.69) is 16.6 Å². The average Bonchev–Trinajstić information content (AvgIpc) is 2.38. The van der Waals surface area contributed by atoms with Crippen molar-refractivity contribution in [2.75, 3.05) is 13.2 Å². The molecule has 4 nitrogen and oxygen atoms in total. The summed E-state index contributed by atoms with van der Waals surface area (Å²) >= 11 is 0. The molecule has 0 bridgehead atoms. The van der Waals surface area contributed by atoms with Gasteiger partial charge in [-0.05, 0) is 24.1 Å². The van der Waals surface area contributed by atoms with Crippen LogP contribution >= 0.6 is 0 Å². The molecule has 6 heteroatoms. The van der Waals surface area contributed by atoms with Crippen molar-refractivity contribution in [3.63, 3.8) is 0 Å². The van der Waals surface area contributed by atoms with E-state index in [4.69, 9.17) is 5.11 Å². The fourth-order valence-electron chi connectivity index (χ4n) is 1.34. The summed E-state index contributed by atoms with van der Waals surface area (Å²) in [5.41, 5.74) is 0.112. The molecule has 1 aromatic carbocycles. The first-order valence-corrected chi connectivity index (χ1v) is 7.74. The van der Waals surface area contributed by atoms with Crippen LogP contribution in [0.15, 0.2) is 23.1 Å². The van der Waals surface area contributed by atoms with Crippen molar-refractivity contribution in [2.24, 2.45) is 5.92 Å². The lowest BCUT2D eigenvalue weighted by atomic mass is 10.2. The Morgan fingerprint density at radius 1 is 1.40 bits per heavy atom. The largest absolute Gasteiger partial charge is 0.395 e. The molecule has 0 aliphatic heterocycles. The van der Waals surface area contributed by atoms with Crippen molar-refractivity contribution in [1.82, 2.24) is 4.72 Å². The molecule has 0 spiro atoms. The fourth-order valence-corrected chi connectivity index (χ4v) is 2.56. The number of sulfonamides is 1. The summed E-state index contributed by atoms with van der Waals surface area (Å²) in [5.74, 6) is 4.60. The Morgan fingerprint density at radius 3 is 2.65 bits per heavy atom. The van der Waals surface area contributed by atoms with E-state index in [9.17, 15) is 12.8 Å². The van der Waals surface area contributed by atoms with Crippen LogP contribution in [0.5, 0.6) is 0 Å². The highest BCUT2D eigenvalue weighted by Crippen LogP contribution is 2.14. The second-order valence-corrected chi connectivity index (χ2v) is 6.43. The van der Waals surface area contributed by atoms with E-state index >= 15 is 0 Å². The molecule has 0 aliphatic carbocycles. The minimum atomic E-state index is -3.70. The zero-order valence-corrected chi connectivity index (χ0v) is 12.3. The zero-order valence-electron chi connectivity index (χ0n) is 11.5.